The Morgan fingerprint density at radius 3 is 2.62 bits per heavy atom. The first kappa shape index (κ1) is 26.4. The minimum absolute atomic E-state index is 0. The summed E-state index contributed by atoms with van der Waals surface area (Å²) in [5.41, 5.74) is 4.67. The van der Waals surface area contributed by atoms with Crippen LogP contribution in [0, 0.1) is 6.92 Å². The van der Waals surface area contributed by atoms with Gasteiger partial charge < -0.3 is 15.0 Å². The number of benzene rings is 2. The van der Waals surface area contributed by atoms with Gasteiger partial charge in [0.05, 0.1) is 24.0 Å². The number of rotatable bonds is 4. The van der Waals surface area contributed by atoms with Crippen molar-refractivity contribution >= 4 is 58.4 Å². The number of methoxy groups -OCH3 is 1. The average molecular weight is 520 g/mol. The van der Waals surface area contributed by atoms with E-state index in [0.717, 1.165) is 55.4 Å². The normalized spacial score (nSPS) is 17.2. The molecule has 3 aromatic rings. The third-order valence-corrected chi connectivity index (χ3v) is 7.44. The number of ether oxygens (including phenoxy) is 1. The van der Waals surface area contributed by atoms with Gasteiger partial charge in [0.25, 0.3) is 0 Å². The van der Waals surface area contributed by atoms with Crippen LogP contribution in [0.1, 0.15) is 22.4 Å². The maximum absolute atomic E-state index is 5.30. The Balaban J connectivity index is 0.00000162. The molecule has 2 aromatic carbocycles. The Hall–Kier alpha value is -2.25. The van der Waals surface area contributed by atoms with Gasteiger partial charge in [0.1, 0.15) is 16.6 Å². The van der Waals surface area contributed by atoms with Crippen molar-refractivity contribution in [1.82, 2.24) is 9.80 Å². The zero-order valence-electron chi connectivity index (χ0n) is 19.8. The maximum Gasteiger partial charge on any atom is 0.139 e. The molecule has 8 heteroatoms. The van der Waals surface area contributed by atoms with E-state index in [1.165, 1.54) is 21.0 Å². The summed E-state index contributed by atoms with van der Waals surface area (Å²) in [7, 11) is 3.97. The summed E-state index contributed by atoms with van der Waals surface area (Å²) in [5.74, 6) is 2.01. The number of nitrogens with one attached hydrogen (secondary N) is 1. The van der Waals surface area contributed by atoms with Crippen LogP contribution in [-0.2, 0) is 6.42 Å². The van der Waals surface area contributed by atoms with Gasteiger partial charge in [-0.3, -0.25) is 4.90 Å². The van der Waals surface area contributed by atoms with Crippen molar-refractivity contribution in [1.29, 1.82) is 0 Å². The van der Waals surface area contributed by atoms with Crippen LogP contribution in [0.25, 0.3) is 0 Å². The Bertz CT molecular complexity index is 1130. The minimum Gasteiger partial charge on any atom is -0.497 e. The monoisotopic (exact) mass is 518 g/mol. The maximum atomic E-state index is 5.30. The SMILES string of the molecule is COc1ccc(CC[C@H]2CN(C3=Nc4ccccc4Nc4sc(C)cc43)CCN2C)cc1.Cl.Cl. The molecule has 0 saturated carbocycles. The lowest BCUT2D eigenvalue weighted by atomic mass is 10.0. The van der Waals surface area contributed by atoms with Crippen LogP contribution in [0.3, 0.4) is 0 Å². The molecular formula is C26H32Cl2N4OS. The number of para-hydroxylation sites is 2. The van der Waals surface area contributed by atoms with Crippen LogP contribution < -0.4 is 10.1 Å². The number of thiophene rings is 1. The van der Waals surface area contributed by atoms with Gasteiger partial charge in [-0.05, 0) is 62.7 Å². The van der Waals surface area contributed by atoms with E-state index in [0.29, 0.717) is 6.04 Å². The smallest absolute Gasteiger partial charge is 0.139 e. The average Bonchev–Trinajstić information content (AvgIpc) is 3.10. The van der Waals surface area contributed by atoms with E-state index >= 15 is 0 Å². The fourth-order valence-electron chi connectivity index (χ4n) is 4.56. The number of nitrogens with zero attached hydrogens (tertiary/aromatic N) is 3. The molecule has 1 fully saturated rings. The van der Waals surface area contributed by atoms with Gasteiger partial charge in [0.2, 0.25) is 0 Å². The van der Waals surface area contributed by atoms with Gasteiger partial charge in [-0.25, -0.2) is 4.99 Å². The van der Waals surface area contributed by atoms with Gasteiger partial charge in [0, 0.05) is 30.6 Å². The largest absolute Gasteiger partial charge is 0.497 e. The van der Waals surface area contributed by atoms with E-state index in [-0.39, 0.29) is 24.8 Å². The number of fused-ring (bicyclic) bond motifs is 2. The van der Waals surface area contributed by atoms with E-state index < -0.39 is 0 Å². The lowest BCUT2D eigenvalue weighted by Gasteiger charge is -2.41. The second-order valence-electron chi connectivity index (χ2n) is 8.64. The van der Waals surface area contributed by atoms with E-state index in [1.807, 2.05) is 11.3 Å². The molecule has 1 aromatic heterocycles. The molecule has 0 unspecified atom stereocenters. The molecular weight excluding hydrogens is 487 g/mol. The molecule has 0 amide bonds. The first-order chi connectivity index (χ1) is 15.6. The number of hydrogen-bond acceptors (Lipinski definition) is 6. The molecule has 0 aliphatic carbocycles. The summed E-state index contributed by atoms with van der Waals surface area (Å²) < 4.78 is 5.30. The number of aliphatic imine (C=N–C) groups is 1. The molecule has 2 aliphatic rings. The van der Waals surface area contributed by atoms with Gasteiger partial charge >= 0.3 is 0 Å². The number of amidine groups is 1. The predicted molar refractivity (Wildman–Crippen MR) is 149 cm³/mol. The Morgan fingerprint density at radius 1 is 1.09 bits per heavy atom. The molecule has 34 heavy (non-hydrogen) atoms. The Morgan fingerprint density at radius 2 is 1.85 bits per heavy atom. The number of anilines is 2. The number of piperazine rings is 1. The van der Waals surface area contributed by atoms with Crippen molar-refractivity contribution in [2.75, 3.05) is 39.1 Å². The minimum atomic E-state index is 0. The van der Waals surface area contributed by atoms with Gasteiger partial charge in [-0.15, -0.1) is 36.2 Å². The van der Waals surface area contributed by atoms with E-state index in [2.05, 4.69) is 83.7 Å². The predicted octanol–water partition coefficient (Wildman–Crippen LogP) is 6.29. The zero-order chi connectivity index (χ0) is 22.1. The van der Waals surface area contributed by atoms with E-state index in [9.17, 15) is 0 Å². The fraction of sp³-hybridized carbons (Fsp3) is 0.346. The molecule has 1 saturated heterocycles. The molecule has 0 radical (unpaired) electrons. The van der Waals surface area contributed by atoms with Crippen molar-refractivity contribution in [2.45, 2.75) is 25.8 Å². The lowest BCUT2D eigenvalue weighted by molar-refractivity contribution is 0.134. The molecule has 5 nitrogen and oxygen atoms in total. The molecule has 1 N–H and O–H groups in total. The molecule has 1 atom stereocenters. The molecule has 0 spiro atoms. The highest BCUT2D eigenvalue weighted by atomic mass is 35.5. The van der Waals surface area contributed by atoms with Gasteiger partial charge in [0.15, 0.2) is 0 Å². The van der Waals surface area contributed by atoms with Crippen LogP contribution in [0.5, 0.6) is 5.75 Å². The summed E-state index contributed by atoms with van der Waals surface area (Å²) in [6.07, 6.45) is 2.18. The van der Waals surface area contributed by atoms with Crippen molar-refractivity contribution in [2.24, 2.45) is 4.99 Å². The highest BCUT2D eigenvalue weighted by Gasteiger charge is 2.29. The van der Waals surface area contributed by atoms with Crippen LogP contribution in [0.4, 0.5) is 16.4 Å². The summed E-state index contributed by atoms with van der Waals surface area (Å²) in [4.78, 5) is 11.5. The van der Waals surface area contributed by atoms with Crippen LogP contribution in [-0.4, -0.2) is 55.5 Å². The molecule has 3 heterocycles. The first-order valence-electron chi connectivity index (χ1n) is 11.2. The third kappa shape index (κ3) is 5.52. The summed E-state index contributed by atoms with van der Waals surface area (Å²) in [6.45, 7) is 5.19. The lowest BCUT2D eigenvalue weighted by Crippen LogP contribution is -2.53. The van der Waals surface area contributed by atoms with Crippen molar-refractivity contribution < 1.29 is 4.74 Å². The quantitative estimate of drug-likeness (QED) is 0.440. The van der Waals surface area contributed by atoms with Crippen molar-refractivity contribution in [3.63, 3.8) is 0 Å². The number of hydrogen-bond donors (Lipinski definition) is 1. The molecule has 0 bridgehead atoms. The number of halogens is 2. The Labute approximate surface area is 218 Å². The zero-order valence-corrected chi connectivity index (χ0v) is 22.2. The summed E-state index contributed by atoms with van der Waals surface area (Å²) in [6, 6.07) is 19.6. The molecule has 182 valence electrons. The third-order valence-electron chi connectivity index (χ3n) is 6.48. The first-order valence-corrected chi connectivity index (χ1v) is 12.1. The van der Waals surface area contributed by atoms with E-state index in [1.54, 1.807) is 7.11 Å². The van der Waals surface area contributed by atoms with Crippen LogP contribution in [0.2, 0.25) is 0 Å². The molecule has 5 rings (SSSR count). The highest BCUT2D eigenvalue weighted by molar-refractivity contribution is 7.16. The van der Waals surface area contributed by atoms with Crippen molar-refractivity contribution in [3.05, 3.63) is 70.6 Å². The van der Waals surface area contributed by atoms with E-state index in [4.69, 9.17) is 9.73 Å². The second-order valence-corrected chi connectivity index (χ2v) is 9.90. The second kappa shape index (κ2) is 11.5. The fourth-order valence-corrected chi connectivity index (χ4v) is 5.48. The summed E-state index contributed by atoms with van der Waals surface area (Å²) >= 11 is 1.81. The Kier molecular flexibility index (Phi) is 8.88. The standard InChI is InChI=1S/C26H30N4OS.2ClH/c1-18-16-22-25(27-23-6-4-5-7-24(23)28-26(22)32-18)30-15-14-29(2)20(17-30)11-8-19-9-12-21(31-3)13-10-19;;/h4-7,9-10,12-13,16,20,28H,8,11,14-15,17H2,1-3H3;2*1H/t20-;;/m0../s1. The topological polar surface area (TPSA) is 40.1 Å². The number of likely N-dealkylation sites (N-methyl/N-ethyl adjacent to an activating group) is 1. The summed E-state index contributed by atoms with van der Waals surface area (Å²) in [5, 5.41) is 4.82. The van der Waals surface area contributed by atoms with Crippen molar-refractivity contribution in [3.8, 4) is 5.75 Å². The van der Waals surface area contributed by atoms with Crippen LogP contribution >= 0.6 is 36.2 Å². The number of aryl methyl sites for hydroxylation is 2. The van der Waals surface area contributed by atoms with Crippen LogP contribution in [0.15, 0.2) is 59.6 Å². The molecule has 2 aliphatic heterocycles. The van der Waals surface area contributed by atoms with Gasteiger partial charge in [-0.1, -0.05) is 24.3 Å². The highest BCUT2D eigenvalue weighted by Crippen LogP contribution is 2.39. The van der Waals surface area contributed by atoms with Gasteiger partial charge in [-0.2, -0.15) is 0 Å².